The lowest BCUT2D eigenvalue weighted by molar-refractivity contribution is 0.457. The summed E-state index contributed by atoms with van der Waals surface area (Å²) in [5, 5.41) is 3.70. The van der Waals surface area contributed by atoms with Crippen molar-refractivity contribution in [2.75, 3.05) is 0 Å². The van der Waals surface area contributed by atoms with Gasteiger partial charge in [-0.25, -0.2) is 0 Å². The predicted octanol–water partition coefficient (Wildman–Crippen LogP) is 3.54. The Bertz CT molecular complexity index is 927. The summed E-state index contributed by atoms with van der Waals surface area (Å²) in [5.41, 5.74) is 5.46. The van der Waals surface area contributed by atoms with E-state index in [0.717, 1.165) is 18.5 Å². The molecule has 1 atom stereocenters. The average Bonchev–Trinajstić information content (AvgIpc) is 2.69. The van der Waals surface area contributed by atoms with Gasteiger partial charge in [0.05, 0.1) is 6.54 Å². The quantitative estimate of drug-likeness (QED) is 0.768. The molecule has 0 amide bonds. The number of hydrogen-bond acceptors (Lipinski definition) is 2. The molecule has 0 fully saturated rings. The number of hydrogen-bond donors (Lipinski definition) is 1. The van der Waals surface area contributed by atoms with Crippen LogP contribution >= 0.6 is 0 Å². The van der Waals surface area contributed by atoms with Gasteiger partial charge in [0.1, 0.15) is 0 Å². The zero-order valence-electron chi connectivity index (χ0n) is 14.9. The topological polar surface area (TPSA) is 34.0 Å². The summed E-state index contributed by atoms with van der Waals surface area (Å²) in [6.45, 7) is 1.51. The van der Waals surface area contributed by atoms with E-state index in [1.807, 2.05) is 12.3 Å². The van der Waals surface area contributed by atoms with Crippen molar-refractivity contribution in [1.82, 2.24) is 9.88 Å². The van der Waals surface area contributed by atoms with Gasteiger partial charge in [-0.3, -0.25) is 4.79 Å². The maximum Gasteiger partial charge on any atom is 0.250 e. The van der Waals surface area contributed by atoms with Crippen LogP contribution in [0.2, 0.25) is 0 Å². The first-order valence-corrected chi connectivity index (χ1v) is 9.31. The second-order valence-corrected chi connectivity index (χ2v) is 7.07. The van der Waals surface area contributed by atoms with Crippen molar-refractivity contribution in [2.45, 2.75) is 38.4 Å². The van der Waals surface area contributed by atoms with Gasteiger partial charge in [0.25, 0.3) is 5.56 Å². The van der Waals surface area contributed by atoms with Crippen LogP contribution in [0.25, 0.3) is 0 Å². The molecule has 3 heteroatoms. The molecule has 0 saturated carbocycles. The van der Waals surface area contributed by atoms with Crippen LogP contribution in [0.3, 0.4) is 0 Å². The van der Waals surface area contributed by atoms with Gasteiger partial charge in [-0.2, -0.15) is 0 Å². The minimum Gasteiger partial charge on any atom is -0.311 e. The maximum atomic E-state index is 11.8. The molecule has 1 unspecified atom stereocenters. The third-order valence-corrected chi connectivity index (χ3v) is 5.22. The Hall–Kier alpha value is -2.65. The predicted molar refractivity (Wildman–Crippen MR) is 105 cm³/mol. The Morgan fingerprint density at radius 2 is 1.62 bits per heavy atom. The molecule has 0 saturated heterocycles. The number of pyridine rings is 1. The van der Waals surface area contributed by atoms with Gasteiger partial charge in [-0.1, -0.05) is 54.6 Å². The Kier molecular flexibility index (Phi) is 4.98. The molecule has 0 radical (unpaired) electrons. The highest BCUT2D eigenvalue weighted by atomic mass is 16.1. The van der Waals surface area contributed by atoms with Crippen LogP contribution in [0.15, 0.2) is 77.7 Å². The van der Waals surface area contributed by atoms with Gasteiger partial charge in [-0.05, 0) is 47.6 Å². The smallest absolute Gasteiger partial charge is 0.250 e. The molecule has 3 nitrogen and oxygen atoms in total. The number of aromatic nitrogens is 1. The molecule has 1 aliphatic rings. The summed E-state index contributed by atoms with van der Waals surface area (Å²) < 4.78 is 1.73. The summed E-state index contributed by atoms with van der Waals surface area (Å²) in [4.78, 5) is 11.8. The van der Waals surface area contributed by atoms with Crippen molar-refractivity contribution in [3.05, 3.63) is 106 Å². The lowest BCUT2D eigenvalue weighted by atomic mass is 9.88. The van der Waals surface area contributed by atoms with E-state index in [9.17, 15) is 4.79 Å². The van der Waals surface area contributed by atoms with Crippen LogP contribution < -0.4 is 10.9 Å². The molecular weight excluding hydrogens is 320 g/mol. The number of rotatable bonds is 5. The van der Waals surface area contributed by atoms with Crippen molar-refractivity contribution >= 4 is 0 Å². The van der Waals surface area contributed by atoms with E-state index in [-0.39, 0.29) is 5.56 Å². The molecule has 0 spiro atoms. The van der Waals surface area contributed by atoms with E-state index in [1.165, 1.54) is 29.5 Å². The minimum absolute atomic E-state index is 0.0378. The Balaban J connectivity index is 1.34. The van der Waals surface area contributed by atoms with E-state index in [4.69, 9.17) is 0 Å². The van der Waals surface area contributed by atoms with Gasteiger partial charge < -0.3 is 9.88 Å². The number of fused-ring (bicyclic) bond motifs is 1. The molecule has 4 rings (SSSR count). The first-order valence-electron chi connectivity index (χ1n) is 9.31. The molecule has 1 heterocycles. The highest BCUT2D eigenvalue weighted by Crippen LogP contribution is 2.21. The zero-order chi connectivity index (χ0) is 17.8. The fourth-order valence-electron chi connectivity index (χ4n) is 3.68. The number of nitrogens with one attached hydrogen (secondary N) is 1. The Morgan fingerprint density at radius 3 is 2.42 bits per heavy atom. The molecular formula is C23H24N2O. The van der Waals surface area contributed by atoms with Gasteiger partial charge in [-0.15, -0.1) is 0 Å². The lowest BCUT2D eigenvalue weighted by Crippen LogP contribution is -2.34. The van der Waals surface area contributed by atoms with E-state index < -0.39 is 0 Å². The molecule has 3 aromatic rings. The fourth-order valence-corrected chi connectivity index (χ4v) is 3.68. The normalized spacial score (nSPS) is 16.2. The Labute approximate surface area is 154 Å². The third-order valence-electron chi connectivity index (χ3n) is 5.22. The van der Waals surface area contributed by atoms with Gasteiger partial charge in [0.2, 0.25) is 0 Å². The van der Waals surface area contributed by atoms with Crippen LogP contribution in [0.5, 0.6) is 0 Å². The summed E-state index contributed by atoms with van der Waals surface area (Å²) in [5.74, 6) is 0. The zero-order valence-corrected chi connectivity index (χ0v) is 14.9. The van der Waals surface area contributed by atoms with Crippen molar-refractivity contribution in [1.29, 1.82) is 0 Å². The van der Waals surface area contributed by atoms with E-state index >= 15 is 0 Å². The van der Waals surface area contributed by atoms with E-state index in [2.05, 4.69) is 53.8 Å². The van der Waals surface area contributed by atoms with E-state index in [0.29, 0.717) is 12.6 Å². The molecule has 1 aliphatic carbocycles. The standard InChI is InChI=1S/C23H24N2O/c26-23-7-3-4-14-25(23)17-19-10-8-18(9-11-19)16-24-22-13-12-20-5-1-2-6-21(20)15-22/h1-11,14,22,24H,12-13,15-17H2. The first-order chi connectivity index (χ1) is 12.8. The molecule has 26 heavy (non-hydrogen) atoms. The number of benzene rings is 2. The Morgan fingerprint density at radius 1 is 0.885 bits per heavy atom. The number of aryl methyl sites for hydroxylation is 1. The summed E-state index contributed by atoms with van der Waals surface area (Å²) in [6.07, 6.45) is 5.31. The third kappa shape index (κ3) is 3.94. The van der Waals surface area contributed by atoms with E-state index in [1.54, 1.807) is 16.7 Å². The molecule has 1 N–H and O–H groups in total. The second kappa shape index (κ2) is 7.71. The summed E-state index contributed by atoms with van der Waals surface area (Å²) in [6, 6.07) is 23.1. The molecule has 0 bridgehead atoms. The van der Waals surface area contributed by atoms with Crippen LogP contribution in [-0.2, 0) is 25.9 Å². The maximum absolute atomic E-state index is 11.8. The molecule has 2 aromatic carbocycles. The van der Waals surface area contributed by atoms with Crippen LogP contribution in [0.1, 0.15) is 28.7 Å². The van der Waals surface area contributed by atoms with Crippen molar-refractivity contribution in [3.63, 3.8) is 0 Å². The van der Waals surface area contributed by atoms with Crippen molar-refractivity contribution in [3.8, 4) is 0 Å². The fraction of sp³-hybridized carbons (Fsp3) is 0.261. The van der Waals surface area contributed by atoms with Crippen LogP contribution in [0, 0.1) is 0 Å². The summed E-state index contributed by atoms with van der Waals surface area (Å²) in [7, 11) is 0. The number of nitrogens with zero attached hydrogens (tertiary/aromatic N) is 1. The highest BCUT2D eigenvalue weighted by Gasteiger charge is 2.17. The highest BCUT2D eigenvalue weighted by molar-refractivity contribution is 5.30. The first kappa shape index (κ1) is 16.8. The molecule has 0 aliphatic heterocycles. The van der Waals surface area contributed by atoms with Gasteiger partial charge >= 0.3 is 0 Å². The van der Waals surface area contributed by atoms with Crippen LogP contribution in [-0.4, -0.2) is 10.6 Å². The van der Waals surface area contributed by atoms with Crippen LogP contribution in [0.4, 0.5) is 0 Å². The molecule has 1 aromatic heterocycles. The van der Waals surface area contributed by atoms with Crippen molar-refractivity contribution in [2.24, 2.45) is 0 Å². The largest absolute Gasteiger partial charge is 0.311 e. The summed E-state index contributed by atoms with van der Waals surface area (Å²) >= 11 is 0. The lowest BCUT2D eigenvalue weighted by Gasteiger charge is -2.25. The second-order valence-electron chi connectivity index (χ2n) is 7.07. The van der Waals surface area contributed by atoms with Gasteiger partial charge in [0.15, 0.2) is 0 Å². The monoisotopic (exact) mass is 344 g/mol. The minimum atomic E-state index is 0.0378. The van der Waals surface area contributed by atoms with Gasteiger partial charge in [0, 0.05) is 24.8 Å². The average molecular weight is 344 g/mol. The van der Waals surface area contributed by atoms with Crippen molar-refractivity contribution < 1.29 is 0 Å². The SMILES string of the molecule is O=c1ccccn1Cc1ccc(CNC2CCc3ccccc3C2)cc1. The molecule has 132 valence electrons.